The van der Waals surface area contributed by atoms with Crippen LogP contribution in [0, 0.1) is 13.8 Å². The molecule has 0 radical (unpaired) electrons. The zero-order valence-corrected chi connectivity index (χ0v) is 18.1. The molecule has 4 nitrogen and oxygen atoms in total. The van der Waals surface area contributed by atoms with Gasteiger partial charge in [0, 0.05) is 25.9 Å². The highest BCUT2D eigenvalue weighted by Gasteiger charge is 2.44. The molecule has 1 amide bonds. The first-order valence-electron chi connectivity index (χ1n) is 11.0. The number of ether oxygens (including phenoxy) is 1. The number of likely N-dealkylation sites (tertiary alicyclic amines) is 1. The van der Waals surface area contributed by atoms with Gasteiger partial charge in [0.25, 0.3) is 0 Å². The SMILES string of the molecule is Cc1ccc2c(c1C)OC1(CCN(C(=O)Cc3cccc4ccccc34)CC1)CC2=O. The van der Waals surface area contributed by atoms with Crippen LogP contribution >= 0.6 is 0 Å². The molecular formula is C27H27NO3. The summed E-state index contributed by atoms with van der Waals surface area (Å²) in [5.41, 5.74) is 3.44. The number of amides is 1. The average Bonchev–Trinajstić information content (AvgIpc) is 2.77. The minimum atomic E-state index is -0.487. The van der Waals surface area contributed by atoms with Gasteiger partial charge in [-0.3, -0.25) is 9.59 Å². The summed E-state index contributed by atoms with van der Waals surface area (Å²) in [7, 11) is 0. The number of nitrogens with zero attached hydrogens (tertiary/aromatic N) is 1. The molecule has 0 atom stereocenters. The molecule has 158 valence electrons. The summed E-state index contributed by atoms with van der Waals surface area (Å²) in [6.07, 6.45) is 2.17. The van der Waals surface area contributed by atoms with Crippen molar-refractivity contribution in [3.63, 3.8) is 0 Å². The van der Waals surface area contributed by atoms with E-state index in [1.165, 1.54) is 0 Å². The Morgan fingerprint density at radius 1 is 1.00 bits per heavy atom. The predicted octanol–water partition coefficient (Wildman–Crippen LogP) is 5.03. The van der Waals surface area contributed by atoms with E-state index in [0.29, 0.717) is 44.3 Å². The Morgan fingerprint density at radius 3 is 2.55 bits per heavy atom. The number of hydrogen-bond donors (Lipinski definition) is 0. The van der Waals surface area contributed by atoms with Gasteiger partial charge in [0.15, 0.2) is 5.78 Å². The van der Waals surface area contributed by atoms with Crippen LogP contribution in [0.5, 0.6) is 5.75 Å². The molecule has 3 aromatic rings. The Kier molecular flexibility index (Phi) is 4.81. The van der Waals surface area contributed by atoms with E-state index in [9.17, 15) is 9.59 Å². The minimum Gasteiger partial charge on any atom is -0.486 e. The second-order valence-corrected chi connectivity index (χ2v) is 8.97. The van der Waals surface area contributed by atoms with Crippen molar-refractivity contribution >= 4 is 22.5 Å². The van der Waals surface area contributed by atoms with E-state index >= 15 is 0 Å². The Hall–Kier alpha value is -3.14. The van der Waals surface area contributed by atoms with Crippen LogP contribution in [0.15, 0.2) is 54.6 Å². The molecule has 3 aromatic carbocycles. The lowest BCUT2D eigenvalue weighted by atomic mass is 9.81. The van der Waals surface area contributed by atoms with Gasteiger partial charge >= 0.3 is 0 Å². The fraction of sp³-hybridized carbons (Fsp3) is 0.333. The first kappa shape index (κ1) is 19.8. The highest BCUT2D eigenvalue weighted by molar-refractivity contribution is 6.01. The molecule has 0 aliphatic carbocycles. The molecule has 1 saturated heterocycles. The lowest BCUT2D eigenvalue weighted by Gasteiger charge is -2.44. The molecule has 2 aliphatic heterocycles. The number of hydrogen-bond acceptors (Lipinski definition) is 3. The monoisotopic (exact) mass is 413 g/mol. The van der Waals surface area contributed by atoms with Crippen molar-refractivity contribution in [3.8, 4) is 5.75 Å². The number of benzene rings is 3. The average molecular weight is 414 g/mol. The Labute approximate surface area is 182 Å². The number of piperidine rings is 1. The number of ketones is 1. The third kappa shape index (κ3) is 3.50. The summed E-state index contributed by atoms with van der Waals surface area (Å²) in [5, 5.41) is 2.29. The van der Waals surface area contributed by atoms with Gasteiger partial charge in [0.2, 0.25) is 5.91 Å². The van der Waals surface area contributed by atoms with Crippen LogP contribution in [-0.4, -0.2) is 35.3 Å². The molecule has 2 aliphatic rings. The van der Waals surface area contributed by atoms with Crippen molar-refractivity contribution in [1.29, 1.82) is 0 Å². The van der Waals surface area contributed by atoms with Crippen molar-refractivity contribution < 1.29 is 14.3 Å². The molecule has 5 rings (SSSR count). The van der Waals surface area contributed by atoms with E-state index in [2.05, 4.69) is 18.2 Å². The quantitative estimate of drug-likeness (QED) is 0.592. The van der Waals surface area contributed by atoms with Gasteiger partial charge in [-0.25, -0.2) is 0 Å². The summed E-state index contributed by atoms with van der Waals surface area (Å²) in [4.78, 5) is 27.8. The molecule has 0 aromatic heterocycles. The van der Waals surface area contributed by atoms with Crippen LogP contribution in [0.4, 0.5) is 0 Å². The first-order valence-corrected chi connectivity index (χ1v) is 11.0. The molecule has 0 saturated carbocycles. The van der Waals surface area contributed by atoms with Gasteiger partial charge in [0.05, 0.1) is 18.4 Å². The highest BCUT2D eigenvalue weighted by atomic mass is 16.5. The van der Waals surface area contributed by atoms with Crippen LogP contribution in [-0.2, 0) is 11.2 Å². The fourth-order valence-electron chi connectivity index (χ4n) is 4.95. The Bertz CT molecular complexity index is 1180. The van der Waals surface area contributed by atoms with Crippen LogP contribution in [0.2, 0.25) is 0 Å². The standard InChI is InChI=1S/C27H27NO3/c1-18-10-11-23-24(29)17-27(31-26(23)19(18)2)12-14-28(15-13-27)25(30)16-21-8-5-7-20-6-3-4-9-22(20)21/h3-11H,12-17H2,1-2H3. The van der Waals surface area contributed by atoms with E-state index in [-0.39, 0.29) is 11.7 Å². The van der Waals surface area contributed by atoms with Crippen molar-refractivity contribution in [2.75, 3.05) is 13.1 Å². The summed E-state index contributed by atoms with van der Waals surface area (Å²) in [6.45, 7) is 5.30. The molecule has 0 unspecified atom stereocenters. The van der Waals surface area contributed by atoms with Crippen LogP contribution in [0.3, 0.4) is 0 Å². The van der Waals surface area contributed by atoms with Crippen molar-refractivity contribution in [1.82, 2.24) is 4.90 Å². The van der Waals surface area contributed by atoms with Gasteiger partial charge in [-0.05, 0) is 47.4 Å². The molecule has 1 spiro atoms. The van der Waals surface area contributed by atoms with E-state index in [4.69, 9.17) is 4.74 Å². The highest BCUT2D eigenvalue weighted by Crippen LogP contribution is 2.41. The fourth-order valence-corrected chi connectivity index (χ4v) is 4.95. The van der Waals surface area contributed by atoms with Crippen LogP contribution in [0.1, 0.15) is 46.3 Å². The zero-order chi connectivity index (χ0) is 21.6. The van der Waals surface area contributed by atoms with Gasteiger partial charge in [0.1, 0.15) is 11.4 Å². The second kappa shape index (κ2) is 7.52. The summed E-state index contributed by atoms with van der Waals surface area (Å²) in [5.74, 6) is 1.03. The van der Waals surface area contributed by atoms with E-state index in [1.54, 1.807) is 0 Å². The van der Waals surface area contributed by atoms with Crippen molar-refractivity contribution in [2.24, 2.45) is 0 Å². The smallest absolute Gasteiger partial charge is 0.227 e. The van der Waals surface area contributed by atoms with Gasteiger partial charge in [-0.2, -0.15) is 0 Å². The summed E-state index contributed by atoms with van der Waals surface area (Å²) in [6, 6.07) is 18.2. The third-order valence-corrected chi connectivity index (χ3v) is 7.03. The van der Waals surface area contributed by atoms with Gasteiger partial charge < -0.3 is 9.64 Å². The molecule has 0 N–H and O–H groups in total. The summed E-state index contributed by atoms with van der Waals surface area (Å²) >= 11 is 0. The number of rotatable bonds is 2. The van der Waals surface area contributed by atoms with Gasteiger partial charge in [-0.15, -0.1) is 0 Å². The van der Waals surface area contributed by atoms with Crippen molar-refractivity contribution in [3.05, 3.63) is 76.9 Å². The second-order valence-electron chi connectivity index (χ2n) is 8.97. The van der Waals surface area contributed by atoms with E-state index < -0.39 is 5.60 Å². The van der Waals surface area contributed by atoms with Crippen molar-refractivity contribution in [2.45, 2.75) is 45.1 Å². The molecule has 31 heavy (non-hydrogen) atoms. The number of Topliss-reactive ketones (excluding diaryl/α,β-unsaturated/α-hetero) is 1. The number of carbonyl (C=O) groups excluding carboxylic acids is 2. The molecule has 2 heterocycles. The first-order chi connectivity index (χ1) is 15.0. The Balaban J connectivity index is 1.31. The summed E-state index contributed by atoms with van der Waals surface area (Å²) < 4.78 is 6.49. The van der Waals surface area contributed by atoms with E-state index in [0.717, 1.165) is 33.2 Å². The number of fused-ring (bicyclic) bond motifs is 2. The van der Waals surface area contributed by atoms with Crippen LogP contribution in [0.25, 0.3) is 10.8 Å². The minimum absolute atomic E-state index is 0.140. The maximum atomic E-state index is 13.1. The van der Waals surface area contributed by atoms with Gasteiger partial charge in [-0.1, -0.05) is 48.5 Å². The van der Waals surface area contributed by atoms with Crippen LogP contribution < -0.4 is 4.74 Å². The zero-order valence-electron chi connectivity index (χ0n) is 18.1. The largest absolute Gasteiger partial charge is 0.486 e. The number of carbonyl (C=O) groups is 2. The molecular weight excluding hydrogens is 386 g/mol. The maximum absolute atomic E-state index is 13.1. The predicted molar refractivity (Wildman–Crippen MR) is 122 cm³/mol. The maximum Gasteiger partial charge on any atom is 0.227 e. The molecule has 1 fully saturated rings. The number of aryl methyl sites for hydroxylation is 1. The normalized spacial score (nSPS) is 17.5. The lowest BCUT2D eigenvalue weighted by molar-refractivity contribution is -0.134. The third-order valence-electron chi connectivity index (χ3n) is 7.03. The Morgan fingerprint density at radius 2 is 1.74 bits per heavy atom. The molecule has 0 bridgehead atoms. The topological polar surface area (TPSA) is 46.6 Å². The van der Waals surface area contributed by atoms with E-state index in [1.807, 2.05) is 55.1 Å². The molecule has 4 heteroatoms. The lowest BCUT2D eigenvalue weighted by Crippen LogP contribution is -2.52.